The zero-order valence-corrected chi connectivity index (χ0v) is 7.45. The van der Waals surface area contributed by atoms with Crippen molar-refractivity contribution in [3.8, 4) is 0 Å². The molecule has 0 radical (unpaired) electrons. The van der Waals surface area contributed by atoms with Gasteiger partial charge in [-0.2, -0.15) is 5.10 Å². The molecule has 1 aromatic rings. The lowest BCUT2D eigenvalue weighted by Gasteiger charge is -2.01. The van der Waals surface area contributed by atoms with E-state index >= 15 is 0 Å². The van der Waals surface area contributed by atoms with Crippen molar-refractivity contribution < 1.29 is 4.79 Å². The van der Waals surface area contributed by atoms with Crippen LogP contribution in [-0.4, -0.2) is 15.7 Å². The van der Waals surface area contributed by atoms with E-state index in [0.29, 0.717) is 11.6 Å². The van der Waals surface area contributed by atoms with Gasteiger partial charge < -0.3 is 0 Å². The van der Waals surface area contributed by atoms with Gasteiger partial charge >= 0.3 is 0 Å². The monoisotopic (exact) mass is 180 g/mol. The minimum Gasteiger partial charge on any atom is -0.290 e. The summed E-state index contributed by atoms with van der Waals surface area (Å²) in [7, 11) is 0. The summed E-state index contributed by atoms with van der Waals surface area (Å²) in [5, 5.41) is 4.15. The van der Waals surface area contributed by atoms with Crippen LogP contribution < -0.4 is 11.3 Å². The summed E-state index contributed by atoms with van der Waals surface area (Å²) in [5.41, 5.74) is 3.56. The molecule has 5 nitrogen and oxygen atoms in total. The number of hydrogen-bond donors (Lipinski definition) is 2. The molecule has 1 fully saturated rings. The van der Waals surface area contributed by atoms with Crippen molar-refractivity contribution in [2.45, 2.75) is 25.8 Å². The van der Waals surface area contributed by atoms with E-state index in [2.05, 4.69) is 10.5 Å². The number of carbonyl (C=O) groups excluding carboxylic acids is 1. The average molecular weight is 180 g/mol. The fraction of sp³-hybridized carbons (Fsp3) is 0.500. The van der Waals surface area contributed by atoms with Crippen LogP contribution >= 0.6 is 0 Å². The second-order valence-electron chi connectivity index (χ2n) is 3.29. The van der Waals surface area contributed by atoms with Gasteiger partial charge in [0.25, 0.3) is 5.91 Å². The fourth-order valence-electron chi connectivity index (χ4n) is 1.41. The number of aromatic nitrogens is 2. The quantitative estimate of drug-likeness (QED) is 0.386. The Morgan fingerprint density at radius 3 is 3.00 bits per heavy atom. The summed E-state index contributed by atoms with van der Waals surface area (Å²) in [5.74, 6) is 4.76. The Labute approximate surface area is 75.9 Å². The van der Waals surface area contributed by atoms with Gasteiger partial charge in [0.05, 0.1) is 17.8 Å². The maximum atomic E-state index is 11.2. The van der Waals surface area contributed by atoms with Gasteiger partial charge in [-0.3, -0.25) is 14.9 Å². The van der Waals surface area contributed by atoms with Crippen molar-refractivity contribution >= 4 is 5.91 Å². The SMILES string of the molecule is Cc1c(C(=O)NN)cnn1C1CC1. The highest BCUT2D eigenvalue weighted by atomic mass is 16.2. The van der Waals surface area contributed by atoms with E-state index in [1.54, 1.807) is 6.20 Å². The van der Waals surface area contributed by atoms with E-state index in [1.165, 1.54) is 0 Å². The molecule has 3 N–H and O–H groups in total. The van der Waals surface area contributed by atoms with Gasteiger partial charge in [0.15, 0.2) is 0 Å². The van der Waals surface area contributed by atoms with Gasteiger partial charge in [-0.25, -0.2) is 5.84 Å². The predicted molar refractivity (Wildman–Crippen MR) is 46.9 cm³/mol. The van der Waals surface area contributed by atoms with Crippen molar-refractivity contribution in [1.29, 1.82) is 0 Å². The van der Waals surface area contributed by atoms with Crippen molar-refractivity contribution in [2.24, 2.45) is 5.84 Å². The van der Waals surface area contributed by atoms with Gasteiger partial charge in [0, 0.05) is 5.69 Å². The highest BCUT2D eigenvalue weighted by molar-refractivity contribution is 5.94. The first-order valence-corrected chi connectivity index (χ1v) is 4.29. The molecule has 0 spiro atoms. The molecule has 13 heavy (non-hydrogen) atoms. The summed E-state index contributed by atoms with van der Waals surface area (Å²) < 4.78 is 1.89. The molecule has 0 atom stereocenters. The van der Waals surface area contributed by atoms with Crippen molar-refractivity contribution in [3.05, 3.63) is 17.5 Å². The number of carbonyl (C=O) groups is 1. The molecule has 1 aliphatic carbocycles. The summed E-state index contributed by atoms with van der Waals surface area (Å²) in [6.45, 7) is 1.88. The van der Waals surface area contributed by atoms with Gasteiger partial charge in [0.1, 0.15) is 0 Å². The van der Waals surface area contributed by atoms with Crippen molar-refractivity contribution in [1.82, 2.24) is 15.2 Å². The van der Waals surface area contributed by atoms with Crippen LogP contribution in [0.5, 0.6) is 0 Å². The standard InChI is InChI=1S/C8H12N4O/c1-5-7(8(13)11-9)4-10-12(5)6-2-3-6/h4,6H,2-3,9H2,1H3,(H,11,13). The Morgan fingerprint density at radius 2 is 2.46 bits per heavy atom. The zero-order valence-electron chi connectivity index (χ0n) is 7.45. The van der Waals surface area contributed by atoms with E-state index in [1.807, 2.05) is 11.6 Å². The van der Waals surface area contributed by atoms with E-state index in [4.69, 9.17) is 5.84 Å². The Kier molecular flexibility index (Phi) is 1.81. The lowest BCUT2D eigenvalue weighted by molar-refractivity contribution is 0.0953. The van der Waals surface area contributed by atoms with E-state index in [-0.39, 0.29) is 5.91 Å². The first-order chi connectivity index (χ1) is 6.24. The number of hydrogen-bond acceptors (Lipinski definition) is 3. The molecule has 1 aliphatic rings. The molecule has 1 amide bonds. The molecule has 1 aromatic heterocycles. The molecule has 1 heterocycles. The van der Waals surface area contributed by atoms with Crippen molar-refractivity contribution in [2.75, 3.05) is 0 Å². The Hall–Kier alpha value is -1.36. The maximum absolute atomic E-state index is 11.2. The second-order valence-corrected chi connectivity index (χ2v) is 3.29. The van der Waals surface area contributed by atoms with Gasteiger partial charge in [0.2, 0.25) is 0 Å². The number of amides is 1. The molecule has 2 rings (SSSR count). The van der Waals surface area contributed by atoms with E-state index in [9.17, 15) is 4.79 Å². The van der Waals surface area contributed by atoms with Gasteiger partial charge in [-0.05, 0) is 19.8 Å². The third-order valence-corrected chi connectivity index (χ3v) is 2.31. The third kappa shape index (κ3) is 1.31. The molecule has 70 valence electrons. The summed E-state index contributed by atoms with van der Waals surface area (Å²) in [6, 6.07) is 0.499. The van der Waals surface area contributed by atoms with Crippen LogP contribution in [0.4, 0.5) is 0 Å². The van der Waals surface area contributed by atoms with Crippen LogP contribution in [0.15, 0.2) is 6.20 Å². The molecule has 0 unspecified atom stereocenters. The number of nitrogen functional groups attached to an aromatic ring is 1. The largest absolute Gasteiger partial charge is 0.290 e. The van der Waals surface area contributed by atoms with Crippen LogP contribution in [-0.2, 0) is 0 Å². The number of nitrogens with two attached hydrogens (primary N) is 1. The predicted octanol–water partition coefficient (Wildman–Crippen LogP) is 0.130. The number of rotatable bonds is 2. The first-order valence-electron chi connectivity index (χ1n) is 4.29. The van der Waals surface area contributed by atoms with E-state index < -0.39 is 0 Å². The summed E-state index contributed by atoms with van der Waals surface area (Å²) in [4.78, 5) is 11.2. The topological polar surface area (TPSA) is 72.9 Å². The Morgan fingerprint density at radius 1 is 1.77 bits per heavy atom. The fourth-order valence-corrected chi connectivity index (χ4v) is 1.41. The number of nitrogens with one attached hydrogen (secondary N) is 1. The normalized spacial score (nSPS) is 15.8. The molecule has 0 aromatic carbocycles. The van der Waals surface area contributed by atoms with Crippen LogP contribution in [0.25, 0.3) is 0 Å². The van der Waals surface area contributed by atoms with E-state index in [0.717, 1.165) is 18.5 Å². The van der Waals surface area contributed by atoms with Crippen LogP contribution in [0.1, 0.15) is 34.9 Å². The molecular formula is C8H12N4O. The number of hydrazine groups is 1. The minimum absolute atomic E-state index is 0.274. The van der Waals surface area contributed by atoms with Crippen molar-refractivity contribution in [3.63, 3.8) is 0 Å². The zero-order chi connectivity index (χ0) is 9.42. The maximum Gasteiger partial charge on any atom is 0.268 e. The Bertz CT molecular complexity index is 340. The lowest BCUT2D eigenvalue weighted by Crippen LogP contribution is -2.30. The average Bonchev–Trinajstić information content (AvgIpc) is 2.90. The third-order valence-electron chi connectivity index (χ3n) is 2.31. The molecule has 1 saturated carbocycles. The molecule has 5 heteroatoms. The van der Waals surface area contributed by atoms with Gasteiger partial charge in [-0.15, -0.1) is 0 Å². The minimum atomic E-state index is -0.274. The van der Waals surface area contributed by atoms with Crippen LogP contribution in [0, 0.1) is 6.92 Å². The van der Waals surface area contributed by atoms with Crippen LogP contribution in [0.2, 0.25) is 0 Å². The molecular weight excluding hydrogens is 168 g/mol. The molecule has 0 saturated heterocycles. The smallest absolute Gasteiger partial charge is 0.268 e. The second kappa shape index (κ2) is 2.85. The molecule has 0 bridgehead atoms. The first kappa shape index (κ1) is 8.25. The van der Waals surface area contributed by atoms with Crippen LogP contribution in [0.3, 0.4) is 0 Å². The Balaban J connectivity index is 2.32. The summed E-state index contributed by atoms with van der Waals surface area (Å²) >= 11 is 0. The highest BCUT2D eigenvalue weighted by Crippen LogP contribution is 2.35. The van der Waals surface area contributed by atoms with Gasteiger partial charge in [-0.1, -0.05) is 0 Å². The molecule has 0 aliphatic heterocycles. The lowest BCUT2D eigenvalue weighted by atomic mass is 10.2. The number of nitrogens with zero attached hydrogens (tertiary/aromatic N) is 2. The summed E-state index contributed by atoms with van der Waals surface area (Å²) in [6.07, 6.45) is 3.88. The highest BCUT2D eigenvalue weighted by Gasteiger charge is 2.27.